The fourth-order valence-electron chi connectivity index (χ4n) is 1.55. The zero-order valence-electron chi connectivity index (χ0n) is 12.5. The summed E-state index contributed by atoms with van der Waals surface area (Å²) in [4.78, 5) is 12.5. The van der Waals surface area contributed by atoms with Crippen LogP contribution < -0.4 is 0 Å². The Balaban J connectivity index is 3.32. The van der Waals surface area contributed by atoms with E-state index in [1.54, 1.807) is 32.9 Å². The van der Waals surface area contributed by atoms with Crippen molar-refractivity contribution >= 4 is 31.9 Å². The molecule has 4 nitrogen and oxygen atoms in total. The molecule has 21 heavy (non-hydrogen) atoms. The van der Waals surface area contributed by atoms with Crippen LogP contribution in [0.3, 0.4) is 0 Å². The zero-order chi connectivity index (χ0) is 16.3. The molecule has 0 aliphatic carbocycles. The number of rotatable bonds is 4. The summed E-state index contributed by atoms with van der Waals surface area (Å²) in [5.74, 6) is 4.71. The summed E-state index contributed by atoms with van der Waals surface area (Å²) < 4.78 is 25.1. The van der Waals surface area contributed by atoms with Crippen molar-refractivity contribution in [3.8, 4) is 11.8 Å². The van der Waals surface area contributed by atoms with Crippen molar-refractivity contribution in [3.05, 3.63) is 29.8 Å². The lowest BCUT2D eigenvalue weighted by molar-refractivity contribution is -0.127. The van der Waals surface area contributed by atoms with Gasteiger partial charge in [0.25, 0.3) is 15.9 Å². The molecule has 1 aromatic carbocycles. The summed E-state index contributed by atoms with van der Waals surface area (Å²) in [6.45, 7) is 6.50. The Bertz CT molecular complexity index is 676. The van der Waals surface area contributed by atoms with Crippen molar-refractivity contribution in [2.24, 2.45) is 0 Å². The number of hydrogen-bond acceptors (Lipinski definition) is 3. The first-order valence-electron chi connectivity index (χ1n) is 6.33. The molecule has 6 heteroatoms. The number of benzene rings is 1. The number of halogens is 1. The highest BCUT2D eigenvalue weighted by Gasteiger charge is 2.36. The minimum atomic E-state index is -3.92. The van der Waals surface area contributed by atoms with E-state index in [2.05, 4.69) is 27.8 Å². The second kappa shape index (κ2) is 6.63. The van der Waals surface area contributed by atoms with E-state index in [1.165, 1.54) is 12.1 Å². The molecule has 0 N–H and O–H groups in total. The first-order chi connectivity index (χ1) is 9.60. The number of carbonyl (C=O) groups excluding carboxylic acids is 1. The Morgan fingerprint density at radius 3 is 2.24 bits per heavy atom. The fraction of sp³-hybridized carbons (Fsp3) is 0.400. The summed E-state index contributed by atoms with van der Waals surface area (Å²) in [5.41, 5.74) is 0.945. The number of carbonyl (C=O) groups is 1. The second-order valence-corrected chi connectivity index (χ2v) is 8.87. The van der Waals surface area contributed by atoms with Crippen LogP contribution in [0.4, 0.5) is 0 Å². The van der Waals surface area contributed by atoms with Crippen LogP contribution in [0.25, 0.3) is 0 Å². The number of amides is 1. The van der Waals surface area contributed by atoms with Gasteiger partial charge in [0.05, 0.1) is 15.8 Å². The minimum Gasteiger partial charge on any atom is -0.272 e. The summed E-state index contributed by atoms with van der Waals surface area (Å²) in [6.07, 6.45) is 0. The lowest BCUT2D eigenvalue weighted by Crippen LogP contribution is -2.45. The fourth-order valence-corrected chi connectivity index (χ4v) is 3.30. The van der Waals surface area contributed by atoms with E-state index in [0.29, 0.717) is 0 Å². The van der Waals surface area contributed by atoms with Crippen molar-refractivity contribution in [1.82, 2.24) is 4.31 Å². The third kappa shape index (κ3) is 4.32. The van der Waals surface area contributed by atoms with Crippen molar-refractivity contribution in [3.63, 3.8) is 0 Å². The van der Waals surface area contributed by atoms with Crippen LogP contribution in [-0.2, 0) is 14.8 Å². The third-order valence-electron chi connectivity index (χ3n) is 2.74. The Labute approximate surface area is 134 Å². The van der Waals surface area contributed by atoms with Crippen LogP contribution >= 0.6 is 15.9 Å². The van der Waals surface area contributed by atoms with Gasteiger partial charge in [-0.05, 0) is 39.8 Å². The van der Waals surface area contributed by atoms with Gasteiger partial charge in [0.2, 0.25) is 0 Å². The normalized spacial score (nSPS) is 11.5. The van der Waals surface area contributed by atoms with E-state index in [4.69, 9.17) is 0 Å². The summed E-state index contributed by atoms with van der Waals surface area (Å²) in [7, 11) is -3.92. The number of aryl methyl sites for hydroxylation is 1. The molecular formula is C15H18BrNO3S. The molecule has 0 aromatic heterocycles. The van der Waals surface area contributed by atoms with Gasteiger partial charge in [0.1, 0.15) is 0 Å². The Morgan fingerprint density at radius 1 is 1.29 bits per heavy atom. The maximum absolute atomic E-state index is 12.7. The largest absolute Gasteiger partial charge is 0.272 e. The highest BCUT2D eigenvalue weighted by Crippen LogP contribution is 2.24. The van der Waals surface area contributed by atoms with E-state index in [-0.39, 0.29) is 11.4 Å². The molecule has 1 aromatic rings. The lowest BCUT2D eigenvalue weighted by atomic mass is 10.2. The molecule has 0 heterocycles. The maximum atomic E-state index is 12.7. The average molecular weight is 372 g/mol. The molecule has 0 saturated heterocycles. The number of alkyl halides is 1. The van der Waals surface area contributed by atoms with Gasteiger partial charge in [-0.2, -0.15) is 0 Å². The van der Waals surface area contributed by atoms with Crippen molar-refractivity contribution in [2.75, 3.05) is 6.54 Å². The SMILES string of the molecule is CC#CCN(C(=O)C(C)(C)Br)S(=O)(=O)c1ccc(C)cc1. The van der Waals surface area contributed by atoms with Gasteiger partial charge in [-0.15, -0.1) is 5.92 Å². The molecule has 0 aliphatic heterocycles. The molecule has 114 valence electrons. The van der Waals surface area contributed by atoms with Gasteiger partial charge >= 0.3 is 0 Å². The number of nitrogens with zero attached hydrogens (tertiary/aromatic N) is 1. The van der Waals surface area contributed by atoms with Crippen molar-refractivity contribution in [1.29, 1.82) is 0 Å². The first-order valence-corrected chi connectivity index (χ1v) is 8.56. The van der Waals surface area contributed by atoms with E-state index in [0.717, 1.165) is 9.87 Å². The van der Waals surface area contributed by atoms with Gasteiger partial charge < -0.3 is 0 Å². The van der Waals surface area contributed by atoms with Crippen LogP contribution in [0.1, 0.15) is 26.3 Å². The third-order valence-corrected chi connectivity index (χ3v) is 4.83. The van der Waals surface area contributed by atoms with Crippen LogP contribution in [0.15, 0.2) is 29.2 Å². The number of sulfonamides is 1. The van der Waals surface area contributed by atoms with Crippen molar-refractivity contribution in [2.45, 2.75) is 36.9 Å². The summed E-state index contributed by atoms with van der Waals surface area (Å²) in [6, 6.07) is 6.37. The predicted octanol–water partition coefficient (Wildman–Crippen LogP) is 2.71. The maximum Gasteiger partial charge on any atom is 0.267 e. The van der Waals surface area contributed by atoms with Gasteiger partial charge in [-0.3, -0.25) is 4.79 Å². The molecular weight excluding hydrogens is 354 g/mol. The van der Waals surface area contributed by atoms with Crippen molar-refractivity contribution < 1.29 is 13.2 Å². The van der Waals surface area contributed by atoms with Crippen LogP contribution in [0, 0.1) is 18.8 Å². The Kier molecular flexibility index (Phi) is 5.60. The molecule has 0 radical (unpaired) electrons. The quantitative estimate of drug-likeness (QED) is 0.603. The molecule has 1 rings (SSSR count). The van der Waals surface area contributed by atoms with Gasteiger partial charge in [0, 0.05) is 0 Å². The van der Waals surface area contributed by atoms with Crippen LogP contribution in [0.2, 0.25) is 0 Å². The average Bonchev–Trinajstić information content (AvgIpc) is 2.38. The smallest absolute Gasteiger partial charge is 0.267 e. The molecule has 0 aliphatic rings. The molecule has 0 unspecified atom stereocenters. The van der Waals surface area contributed by atoms with Gasteiger partial charge in [-0.25, -0.2) is 12.7 Å². The van der Waals surface area contributed by atoms with Crippen LogP contribution in [-0.4, -0.2) is 29.5 Å². The number of hydrogen-bond donors (Lipinski definition) is 0. The molecule has 0 atom stereocenters. The van der Waals surface area contributed by atoms with E-state index in [1.807, 2.05) is 6.92 Å². The molecule has 0 fully saturated rings. The van der Waals surface area contributed by atoms with E-state index >= 15 is 0 Å². The van der Waals surface area contributed by atoms with Gasteiger partial charge in [-0.1, -0.05) is 39.5 Å². The van der Waals surface area contributed by atoms with E-state index < -0.39 is 20.3 Å². The lowest BCUT2D eigenvalue weighted by Gasteiger charge is -2.26. The standard InChI is InChI=1S/C15H18BrNO3S/c1-5-6-11-17(14(18)15(3,4)16)21(19,20)13-9-7-12(2)8-10-13/h7-10H,11H2,1-4H3. The predicted molar refractivity (Wildman–Crippen MR) is 86.5 cm³/mol. The van der Waals surface area contributed by atoms with E-state index in [9.17, 15) is 13.2 Å². The molecule has 0 bridgehead atoms. The first kappa shape index (κ1) is 17.7. The topological polar surface area (TPSA) is 54.5 Å². The van der Waals surface area contributed by atoms with Crippen LogP contribution in [0.5, 0.6) is 0 Å². The summed E-state index contributed by atoms with van der Waals surface area (Å²) in [5, 5.41) is 0. The zero-order valence-corrected chi connectivity index (χ0v) is 14.9. The highest BCUT2D eigenvalue weighted by molar-refractivity contribution is 9.10. The molecule has 1 amide bonds. The summed E-state index contributed by atoms with van der Waals surface area (Å²) >= 11 is 3.21. The highest BCUT2D eigenvalue weighted by atomic mass is 79.9. The minimum absolute atomic E-state index is 0.0797. The Morgan fingerprint density at radius 2 is 1.81 bits per heavy atom. The monoisotopic (exact) mass is 371 g/mol. The molecule has 0 saturated carbocycles. The molecule has 0 spiro atoms. The van der Waals surface area contributed by atoms with Gasteiger partial charge in [0.15, 0.2) is 0 Å². The Hall–Kier alpha value is -1.32. The second-order valence-electron chi connectivity index (χ2n) is 5.03.